The van der Waals surface area contributed by atoms with E-state index in [1.165, 1.54) is 16.7 Å². The molecule has 0 radical (unpaired) electrons. The van der Waals surface area contributed by atoms with Crippen LogP contribution in [0.1, 0.15) is 30.9 Å². The summed E-state index contributed by atoms with van der Waals surface area (Å²) in [5.74, 6) is 1.72. The molecular weight excluding hydrogens is 262 g/mol. The van der Waals surface area contributed by atoms with Crippen molar-refractivity contribution in [2.45, 2.75) is 43.7 Å². The summed E-state index contributed by atoms with van der Waals surface area (Å²) in [5, 5.41) is 10.3. The van der Waals surface area contributed by atoms with E-state index in [1.54, 1.807) is 0 Å². The number of allylic oxidation sites excluding steroid dienone is 1. The maximum atomic E-state index is 10.3. The maximum absolute atomic E-state index is 10.3. The number of hydrogen-bond donors (Lipinski definition) is 1. The van der Waals surface area contributed by atoms with Gasteiger partial charge in [0.1, 0.15) is 6.10 Å². The molecule has 0 aromatic heterocycles. The molecule has 1 fully saturated rings. The molecule has 110 valence electrons. The highest BCUT2D eigenvalue weighted by atomic mass is 16.5. The Hall–Kier alpha value is -1.48. The molecule has 1 aromatic rings. The number of likely N-dealkylation sites (tertiary alicyclic amines) is 1. The van der Waals surface area contributed by atoms with Gasteiger partial charge in [0.25, 0.3) is 0 Å². The van der Waals surface area contributed by atoms with Gasteiger partial charge in [0.05, 0.1) is 0 Å². The molecule has 0 saturated carbocycles. The third-order valence-corrected chi connectivity index (χ3v) is 6.50. The lowest BCUT2D eigenvalue weighted by Gasteiger charge is -2.57. The van der Waals surface area contributed by atoms with Crippen molar-refractivity contribution >= 4 is 0 Å². The molecule has 3 nitrogen and oxygen atoms in total. The van der Waals surface area contributed by atoms with Crippen molar-refractivity contribution in [3.63, 3.8) is 0 Å². The molecular formula is C18H21NO2. The second-order valence-corrected chi connectivity index (χ2v) is 7.28. The molecule has 2 aliphatic heterocycles. The Morgan fingerprint density at radius 3 is 3.10 bits per heavy atom. The van der Waals surface area contributed by atoms with Crippen molar-refractivity contribution in [2.24, 2.45) is 5.92 Å². The van der Waals surface area contributed by atoms with Gasteiger partial charge in [-0.25, -0.2) is 0 Å². The van der Waals surface area contributed by atoms with Gasteiger partial charge in [0.15, 0.2) is 11.5 Å². The highest BCUT2D eigenvalue weighted by Crippen LogP contribution is 2.63. The average molecular weight is 283 g/mol. The first kappa shape index (κ1) is 12.1. The van der Waals surface area contributed by atoms with Crippen LogP contribution < -0.4 is 4.74 Å². The summed E-state index contributed by atoms with van der Waals surface area (Å²) in [6, 6.07) is 4.55. The minimum absolute atomic E-state index is 0.109. The van der Waals surface area contributed by atoms with Gasteiger partial charge in [-0.15, -0.1) is 0 Å². The number of benzene rings is 1. The fourth-order valence-electron chi connectivity index (χ4n) is 5.58. The SMILES string of the molecule is CC1=CC[C@H]2[C@H]3Cc4ccc(O)c5c4[C@]2(CCN3C)[C@@H]1O5. The molecule has 2 heterocycles. The second-order valence-electron chi connectivity index (χ2n) is 7.28. The third-order valence-electron chi connectivity index (χ3n) is 6.50. The summed E-state index contributed by atoms with van der Waals surface area (Å²) in [7, 11) is 2.26. The smallest absolute Gasteiger partial charge is 0.166 e. The highest BCUT2D eigenvalue weighted by molar-refractivity contribution is 5.62. The Balaban J connectivity index is 1.85. The summed E-state index contributed by atoms with van der Waals surface area (Å²) in [6.45, 7) is 3.32. The van der Waals surface area contributed by atoms with Crippen LogP contribution in [0.2, 0.25) is 0 Å². The lowest BCUT2D eigenvalue weighted by molar-refractivity contribution is -0.00815. The van der Waals surface area contributed by atoms with Gasteiger partial charge in [-0.05, 0) is 62.9 Å². The van der Waals surface area contributed by atoms with E-state index < -0.39 is 0 Å². The van der Waals surface area contributed by atoms with Crippen LogP contribution in [0.25, 0.3) is 0 Å². The number of nitrogens with zero attached hydrogens (tertiary/aromatic N) is 1. The maximum Gasteiger partial charge on any atom is 0.166 e. The van der Waals surface area contributed by atoms with Gasteiger partial charge in [0.2, 0.25) is 0 Å². The summed E-state index contributed by atoms with van der Waals surface area (Å²) in [6.07, 6.45) is 5.89. The number of likely N-dealkylation sites (N-methyl/N-ethyl adjacent to an activating group) is 1. The van der Waals surface area contributed by atoms with Gasteiger partial charge < -0.3 is 14.7 Å². The van der Waals surface area contributed by atoms with Gasteiger partial charge in [-0.2, -0.15) is 0 Å². The number of phenolic OH excluding ortho intramolecular Hbond substituents is 1. The van der Waals surface area contributed by atoms with Crippen molar-refractivity contribution in [1.29, 1.82) is 0 Å². The number of rotatable bonds is 0. The van der Waals surface area contributed by atoms with Crippen LogP contribution in [0.4, 0.5) is 0 Å². The van der Waals surface area contributed by atoms with Gasteiger partial charge in [-0.1, -0.05) is 12.1 Å². The lowest BCUT2D eigenvalue weighted by atomic mass is 9.52. The fraction of sp³-hybridized carbons (Fsp3) is 0.556. The van der Waals surface area contributed by atoms with Crippen molar-refractivity contribution in [2.75, 3.05) is 13.6 Å². The van der Waals surface area contributed by atoms with E-state index in [0.717, 1.165) is 31.6 Å². The van der Waals surface area contributed by atoms with E-state index >= 15 is 0 Å². The molecule has 1 N–H and O–H groups in total. The topological polar surface area (TPSA) is 32.7 Å². The summed E-state index contributed by atoms with van der Waals surface area (Å²) < 4.78 is 6.32. The van der Waals surface area contributed by atoms with E-state index in [1.807, 2.05) is 6.07 Å². The average Bonchev–Trinajstić information content (AvgIpc) is 2.83. The molecule has 1 aromatic carbocycles. The van der Waals surface area contributed by atoms with Crippen LogP contribution in [0.15, 0.2) is 23.8 Å². The zero-order chi connectivity index (χ0) is 14.4. The Bertz CT molecular complexity index is 680. The normalized spacial score (nSPS) is 39.5. The monoisotopic (exact) mass is 283 g/mol. The van der Waals surface area contributed by atoms with E-state index in [2.05, 4.69) is 31.0 Å². The van der Waals surface area contributed by atoms with Crippen LogP contribution in [0.3, 0.4) is 0 Å². The summed E-state index contributed by atoms with van der Waals surface area (Å²) in [5.41, 5.74) is 4.19. The fourth-order valence-corrected chi connectivity index (χ4v) is 5.58. The third kappa shape index (κ3) is 1.21. The standard InChI is InChI=1S/C18H21NO2/c1-10-3-5-12-13-9-11-4-6-14(20)16-15(11)18(12,17(10)21-16)7-8-19(13)2/h3-4,6,12-13,17,20H,5,7-9H2,1-2H3/t12-,13+,17+,18+/m0/s1. The largest absolute Gasteiger partial charge is 0.504 e. The zero-order valence-corrected chi connectivity index (χ0v) is 12.6. The van der Waals surface area contributed by atoms with E-state index in [4.69, 9.17) is 4.74 Å². The van der Waals surface area contributed by atoms with Crippen molar-refractivity contribution in [3.8, 4) is 11.5 Å². The Labute approximate surface area is 125 Å². The van der Waals surface area contributed by atoms with Crippen molar-refractivity contribution < 1.29 is 9.84 Å². The molecule has 3 heteroatoms. The summed E-state index contributed by atoms with van der Waals surface area (Å²) in [4.78, 5) is 2.54. The number of piperidine rings is 1. The molecule has 4 atom stereocenters. The quantitative estimate of drug-likeness (QED) is 0.743. The van der Waals surface area contributed by atoms with Gasteiger partial charge in [-0.3, -0.25) is 0 Å². The van der Waals surface area contributed by atoms with E-state index in [-0.39, 0.29) is 11.5 Å². The molecule has 4 aliphatic rings. The predicted molar refractivity (Wildman–Crippen MR) is 80.8 cm³/mol. The number of phenols is 1. The number of aromatic hydroxyl groups is 1. The minimum Gasteiger partial charge on any atom is -0.504 e. The molecule has 21 heavy (non-hydrogen) atoms. The first-order valence-corrected chi connectivity index (χ1v) is 8.02. The van der Waals surface area contributed by atoms with Crippen LogP contribution >= 0.6 is 0 Å². The van der Waals surface area contributed by atoms with Crippen molar-refractivity contribution in [3.05, 3.63) is 34.9 Å². The van der Waals surface area contributed by atoms with E-state index in [9.17, 15) is 5.11 Å². The van der Waals surface area contributed by atoms with Crippen LogP contribution in [0.5, 0.6) is 11.5 Å². The van der Waals surface area contributed by atoms with Crippen molar-refractivity contribution in [1.82, 2.24) is 4.90 Å². The zero-order valence-electron chi connectivity index (χ0n) is 12.6. The Morgan fingerprint density at radius 1 is 1.38 bits per heavy atom. The van der Waals surface area contributed by atoms with Gasteiger partial charge >= 0.3 is 0 Å². The molecule has 1 saturated heterocycles. The highest BCUT2D eigenvalue weighted by Gasteiger charge is 2.63. The number of hydrogen-bond acceptors (Lipinski definition) is 3. The van der Waals surface area contributed by atoms with Crippen LogP contribution in [0, 0.1) is 5.92 Å². The van der Waals surface area contributed by atoms with Crippen LogP contribution in [-0.2, 0) is 11.8 Å². The van der Waals surface area contributed by atoms with Gasteiger partial charge in [0, 0.05) is 17.0 Å². The second kappa shape index (κ2) is 3.64. The van der Waals surface area contributed by atoms with Crippen LogP contribution in [-0.4, -0.2) is 35.7 Å². The predicted octanol–water partition coefficient (Wildman–Crippen LogP) is 2.62. The molecule has 1 spiro atoms. The lowest BCUT2D eigenvalue weighted by Crippen LogP contribution is -2.63. The van der Waals surface area contributed by atoms with E-state index in [0.29, 0.717) is 17.7 Å². The number of ether oxygens (including phenoxy) is 1. The minimum atomic E-state index is 0.109. The molecule has 2 bridgehead atoms. The Morgan fingerprint density at radius 2 is 2.24 bits per heavy atom. The molecule has 2 aliphatic carbocycles. The summed E-state index contributed by atoms with van der Waals surface area (Å²) >= 11 is 0. The molecule has 0 unspecified atom stereocenters. The first-order chi connectivity index (χ1) is 10.1. The molecule has 5 rings (SSSR count). The molecule has 0 amide bonds. The first-order valence-electron chi connectivity index (χ1n) is 8.02. The Kier molecular flexibility index (Phi) is 2.10.